The molecule has 47 heavy (non-hydrogen) atoms. The highest BCUT2D eigenvalue weighted by atomic mass is 32.2. The lowest BCUT2D eigenvalue weighted by Crippen LogP contribution is -2.67. The fourth-order valence-electron chi connectivity index (χ4n) is 4.85. The van der Waals surface area contributed by atoms with Gasteiger partial charge in [-0.2, -0.15) is 0 Å². The fraction of sp³-hybridized carbons (Fsp3) is 0.750. The number of hydrogen-bond donors (Lipinski definition) is 0. The van der Waals surface area contributed by atoms with E-state index in [-0.39, 0.29) is 5.75 Å². The molecule has 2 saturated heterocycles. The molecule has 0 spiro atoms. The number of rotatable bonds is 13. The first kappa shape index (κ1) is 39.5. The van der Waals surface area contributed by atoms with Gasteiger partial charge in [0, 0.05) is 54.2 Å². The standard InChI is InChI=1S/C28H40O18S/c1-9-47(36)28-26(43-18(8)35)24(41-16(6)33)22(20(45-28)11-38-13(3)30)46-27-25(42-17(7)34)23(40-15(5)32)21(39-14(4)31)19(44-27)10-37-12(2)29/h19-28H,9-11H2,1-8H3/t19-,20-,21-,22-,23+,24+,25-,26-,27-,28+,47?/m1/s1. The molecule has 0 aliphatic carbocycles. The topological polar surface area (TPSA) is 229 Å². The molecular weight excluding hydrogens is 656 g/mol. The smallest absolute Gasteiger partial charge is 0.303 e. The molecule has 0 aromatic rings. The quantitative estimate of drug-likeness (QED) is 0.172. The predicted molar refractivity (Wildman–Crippen MR) is 152 cm³/mol. The number of hydrogen-bond acceptors (Lipinski definition) is 18. The molecule has 11 atom stereocenters. The lowest BCUT2D eigenvalue weighted by atomic mass is 9.96. The lowest BCUT2D eigenvalue weighted by molar-refractivity contribution is -0.341. The molecule has 2 heterocycles. The second-order valence-corrected chi connectivity index (χ2v) is 12.1. The normalized spacial score (nSPS) is 30.9. The Labute approximate surface area is 272 Å². The first-order valence-electron chi connectivity index (χ1n) is 14.4. The van der Waals surface area contributed by atoms with Gasteiger partial charge >= 0.3 is 41.8 Å². The highest BCUT2D eigenvalue weighted by Crippen LogP contribution is 2.36. The zero-order valence-corrected chi connectivity index (χ0v) is 28.0. The zero-order chi connectivity index (χ0) is 35.6. The van der Waals surface area contributed by atoms with Gasteiger partial charge in [0.25, 0.3) is 0 Å². The molecule has 0 N–H and O–H groups in total. The van der Waals surface area contributed by atoms with E-state index in [1.165, 1.54) is 0 Å². The van der Waals surface area contributed by atoms with Crippen LogP contribution >= 0.6 is 0 Å². The number of esters is 7. The Kier molecular flexibility index (Phi) is 15.1. The van der Waals surface area contributed by atoms with E-state index in [2.05, 4.69) is 0 Å². The average Bonchev–Trinajstić information content (AvgIpc) is 2.94. The molecular formula is C28H40O18S. The minimum atomic E-state index is -1.84. The summed E-state index contributed by atoms with van der Waals surface area (Å²) in [7, 11) is -1.84. The summed E-state index contributed by atoms with van der Waals surface area (Å²) < 4.78 is 68.7. The largest absolute Gasteiger partial charge is 0.463 e. The molecule has 2 rings (SSSR count). The molecule has 19 heteroatoms. The molecule has 0 radical (unpaired) electrons. The van der Waals surface area contributed by atoms with Gasteiger partial charge in [-0.05, 0) is 0 Å². The van der Waals surface area contributed by atoms with Gasteiger partial charge in [-0.25, -0.2) is 0 Å². The van der Waals surface area contributed by atoms with Crippen molar-refractivity contribution in [1.29, 1.82) is 0 Å². The third-order valence-corrected chi connectivity index (χ3v) is 7.90. The van der Waals surface area contributed by atoms with E-state index < -0.39 is 126 Å². The van der Waals surface area contributed by atoms with Crippen LogP contribution in [0.2, 0.25) is 0 Å². The van der Waals surface area contributed by atoms with Crippen LogP contribution in [0.15, 0.2) is 0 Å². The van der Waals surface area contributed by atoms with E-state index in [0.29, 0.717) is 0 Å². The molecule has 266 valence electrons. The van der Waals surface area contributed by atoms with Gasteiger partial charge in [0.2, 0.25) is 0 Å². The molecule has 0 aromatic heterocycles. The van der Waals surface area contributed by atoms with E-state index in [1.807, 2.05) is 0 Å². The summed E-state index contributed by atoms with van der Waals surface area (Å²) in [5, 5.41) is 0. The Bertz CT molecular complexity index is 1200. The number of carbonyl (C=O) groups excluding carboxylic acids is 7. The van der Waals surface area contributed by atoms with Crippen LogP contribution in [-0.4, -0.2) is 126 Å². The Morgan fingerprint density at radius 1 is 0.511 bits per heavy atom. The van der Waals surface area contributed by atoms with Crippen molar-refractivity contribution in [3.63, 3.8) is 0 Å². The minimum Gasteiger partial charge on any atom is -0.463 e. The van der Waals surface area contributed by atoms with Crippen molar-refractivity contribution in [3.8, 4) is 0 Å². The highest BCUT2D eigenvalue weighted by Gasteiger charge is 2.58. The van der Waals surface area contributed by atoms with Gasteiger partial charge in [-0.15, -0.1) is 0 Å². The molecule has 0 aromatic carbocycles. The summed E-state index contributed by atoms with van der Waals surface area (Å²) in [5.41, 5.74) is -1.40. The van der Waals surface area contributed by atoms with E-state index in [0.717, 1.165) is 48.5 Å². The number of ether oxygens (including phenoxy) is 10. The average molecular weight is 697 g/mol. The highest BCUT2D eigenvalue weighted by molar-refractivity contribution is 7.85. The third kappa shape index (κ3) is 11.8. The summed E-state index contributed by atoms with van der Waals surface area (Å²) in [5.74, 6) is -5.93. The van der Waals surface area contributed by atoms with Crippen molar-refractivity contribution in [2.75, 3.05) is 19.0 Å². The summed E-state index contributed by atoms with van der Waals surface area (Å²) in [6.07, 6.45) is -14.1. The molecule has 0 bridgehead atoms. The van der Waals surface area contributed by atoms with Gasteiger partial charge in [0.1, 0.15) is 31.5 Å². The first-order valence-corrected chi connectivity index (χ1v) is 15.8. The summed E-state index contributed by atoms with van der Waals surface area (Å²) in [6.45, 7) is 7.81. The Morgan fingerprint density at radius 2 is 0.894 bits per heavy atom. The maximum Gasteiger partial charge on any atom is 0.303 e. The van der Waals surface area contributed by atoms with Crippen LogP contribution < -0.4 is 0 Å². The van der Waals surface area contributed by atoms with Crippen molar-refractivity contribution in [2.24, 2.45) is 0 Å². The first-order chi connectivity index (χ1) is 21.9. The van der Waals surface area contributed by atoms with E-state index >= 15 is 0 Å². The molecule has 18 nitrogen and oxygen atoms in total. The number of carbonyl (C=O) groups is 7. The Morgan fingerprint density at radius 3 is 1.32 bits per heavy atom. The minimum absolute atomic E-state index is 0.0146. The van der Waals surface area contributed by atoms with Crippen LogP contribution in [0.1, 0.15) is 55.4 Å². The summed E-state index contributed by atoms with van der Waals surface area (Å²) >= 11 is 0. The molecule has 0 saturated carbocycles. The summed E-state index contributed by atoms with van der Waals surface area (Å²) in [6, 6.07) is 0. The van der Waals surface area contributed by atoms with E-state index in [9.17, 15) is 37.8 Å². The summed E-state index contributed by atoms with van der Waals surface area (Å²) in [4.78, 5) is 84.6. The fourth-order valence-corrected chi connectivity index (χ4v) is 5.95. The van der Waals surface area contributed by atoms with Crippen LogP contribution in [0, 0.1) is 0 Å². The van der Waals surface area contributed by atoms with Gasteiger partial charge in [0.05, 0.1) is 10.8 Å². The molecule has 2 aliphatic heterocycles. The van der Waals surface area contributed by atoms with Crippen LogP contribution in [0.4, 0.5) is 0 Å². The molecule has 1 unspecified atom stereocenters. The maximum absolute atomic E-state index is 13.1. The van der Waals surface area contributed by atoms with E-state index in [4.69, 9.17) is 47.4 Å². The Hall–Kier alpha value is -3.68. The van der Waals surface area contributed by atoms with Crippen LogP contribution in [0.25, 0.3) is 0 Å². The van der Waals surface area contributed by atoms with Crippen molar-refractivity contribution >= 4 is 52.6 Å². The molecule has 0 amide bonds. The predicted octanol–water partition coefficient (Wildman–Crippen LogP) is -0.625. The molecule has 2 aliphatic rings. The van der Waals surface area contributed by atoms with Crippen molar-refractivity contribution in [2.45, 2.75) is 116 Å². The van der Waals surface area contributed by atoms with Crippen LogP contribution in [0.3, 0.4) is 0 Å². The van der Waals surface area contributed by atoms with Crippen molar-refractivity contribution < 1.29 is 85.1 Å². The van der Waals surface area contributed by atoms with Crippen LogP contribution in [-0.2, 0) is 91.7 Å². The zero-order valence-electron chi connectivity index (χ0n) is 27.2. The van der Waals surface area contributed by atoms with Gasteiger partial charge in [-0.3, -0.25) is 37.8 Å². The van der Waals surface area contributed by atoms with Crippen LogP contribution in [0.5, 0.6) is 0 Å². The third-order valence-electron chi connectivity index (χ3n) is 6.43. The van der Waals surface area contributed by atoms with Crippen molar-refractivity contribution in [1.82, 2.24) is 0 Å². The van der Waals surface area contributed by atoms with Gasteiger partial charge in [-0.1, -0.05) is 6.92 Å². The Balaban J connectivity index is 2.75. The lowest BCUT2D eigenvalue weighted by Gasteiger charge is -2.48. The maximum atomic E-state index is 13.1. The molecule has 2 fully saturated rings. The van der Waals surface area contributed by atoms with Gasteiger partial charge < -0.3 is 47.4 Å². The van der Waals surface area contributed by atoms with E-state index in [1.54, 1.807) is 6.92 Å². The van der Waals surface area contributed by atoms with Crippen molar-refractivity contribution in [3.05, 3.63) is 0 Å². The van der Waals surface area contributed by atoms with Gasteiger partial charge in [0.15, 0.2) is 42.2 Å². The SMILES string of the molecule is CCS(=O)[C@@H]1O[C@H](COC(C)=O)[C@@H](O[C@H]2O[C@H](COC(C)=O)[C@@H](OC(C)=O)[C@H](OC(C)=O)[C@H]2OC(C)=O)[C@H](OC(C)=O)[C@H]1OC(C)=O. The second kappa shape index (κ2) is 18.0. The second-order valence-electron chi connectivity index (χ2n) is 10.3. The monoisotopic (exact) mass is 696 g/mol.